The highest BCUT2D eigenvalue weighted by Crippen LogP contribution is 2.42. The second-order valence-corrected chi connectivity index (χ2v) is 15.7. The number of carbonyl (C=O) groups excluding carboxylic acids is 4. The Kier molecular flexibility index (Phi) is 14.0. The van der Waals surface area contributed by atoms with Crippen molar-refractivity contribution in [3.63, 3.8) is 0 Å². The molecule has 0 atom stereocenters. The molecule has 8 aromatic rings. The summed E-state index contributed by atoms with van der Waals surface area (Å²) in [7, 11) is 1.34. The molecule has 2 N–H and O–H groups in total. The smallest absolute Gasteiger partial charge is 0.432 e. The molecule has 0 fully saturated rings. The number of nitrogens with zero attached hydrogens (tertiary/aromatic N) is 4. The third kappa shape index (κ3) is 10.6. The molecule has 0 bridgehead atoms. The molecule has 0 saturated carbocycles. The van der Waals surface area contributed by atoms with Crippen LogP contribution in [-0.2, 0) is 35.0 Å². The molecule has 4 aromatic heterocycles. The lowest BCUT2D eigenvalue weighted by Crippen LogP contribution is -2.26. The van der Waals surface area contributed by atoms with E-state index in [1.807, 2.05) is 0 Å². The number of fused-ring (bicyclic) bond motifs is 2. The first-order chi connectivity index (χ1) is 31.8. The highest BCUT2D eigenvalue weighted by atomic mass is 35.5. The van der Waals surface area contributed by atoms with Crippen LogP contribution in [0.2, 0.25) is 15.1 Å². The van der Waals surface area contributed by atoms with E-state index in [9.17, 15) is 45.5 Å². The monoisotopic (exact) mass is 978 g/mol. The number of ether oxygens (including phenoxy) is 1. The number of anilines is 2. The number of pyridine rings is 2. The van der Waals surface area contributed by atoms with Gasteiger partial charge < -0.3 is 24.5 Å². The van der Waals surface area contributed by atoms with Gasteiger partial charge in [0, 0.05) is 62.4 Å². The maximum absolute atomic E-state index is 14.4. The number of benzene rings is 4. The molecule has 0 unspecified atom stereocenters. The van der Waals surface area contributed by atoms with E-state index in [-0.39, 0.29) is 57.3 Å². The summed E-state index contributed by atoms with van der Waals surface area (Å²) in [6, 6.07) is 30.0. The van der Waals surface area contributed by atoms with Crippen LogP contribution in [-0.4, -0.2) is 49.6 Å². The fourth-order valence-corrected chi connectivity index (χ4v) is 7.78. The number of amides is 2. The Morgan fingerprint density at radius 2 is 1.09 bits per heavy atom. The minimum absolute atomic E-state index is 0.0219. The molecule has 342 valence electrons. The Bertz CT molecular complexity index is 3160. The topological polar surface area (TPSA) is 137 Å². The number of methoxy groups -OCH3 is 1. The zero-order chi connectivity index (χ0) is 48.2. The largest absolute Gasteiger partial charge is 0.497 e. The van der Waals surface area contributed by atoms with Crippen LogP contribution >= 0.6 is 34.8 Å². The van der Waals surface area contributed by atoms with Gasteiger partial charge in [-0.25, -0.2) is 9.97 Å². The molecule has 67 heavy (non-hydrogen) atoms. The lowest BCUT2D eigenvalue weighted by molar-refractivity contribution is -0.144. The first kappa shape index (κ1) is 47.7. The summed E-state index contributed by atoms with van der Waals surface area (Å²) in [5, 5.41) is 5.36. The third-order valence-corrected chi connectivity index (χ3v) is 10.9. The van der Waals surface area contributed by atoms with Gasteiger partial charge in [-0.05, 0) is 83.9 Å². The van der Waals surface area contributed by atoms with E-state index in [2.05, 4.69) is 20.6 Å². The molecule has 4 heterocycles. The maximum Gasteiger partial charge on any atom is 0.432 e. The van der Waals surface area contributed by atoms with Crippen molar-refractivity contribution in [2.45, 2.75) is 25.4 Å². The van der Waals surface area contributed by atoms with Gasteiger partial charge in [0.2, 0.25) is 0 Å². The molecule has 0 aliphatic carbocycles. The molecule has 0 radical (unpaired) electrons. The summed E-state index contributed by atoms with van der Waals surface area (Å²) in [5.41, 5.74) is -2.83. The van der Waals surface area contributed by atoms with Crippen LogP contribution in [0.3, 0.4) is 0 Å². The first-order valence-corrected chi connectivity index (χ1v) is 20.7. The summed E-state index contributed by atoms with van der Waals surface area (Å²) >= 11 is 18.0. The second kappa shape index (κ2) is 19.7. The standard InChI is InChI=1S/C24H16Cl2F3N3O3.C23H15ClF3N3O2/c1-35-15-7-8-18-16(11-15)20(21(33)23(34)31-19-4-2-3-9-30-19)22(24(27,28)29)32(18)12-13-5-6-14(25)10-17(13)26;24-15-10-8-14(9-11-15)13-30-17-6-2-1-5-16(17)19(21(30)23(25,26)27)20(31)22(32)29-18-7-3-4-12-28-18/h2-11H,12H2,1H3,(H,30,31,34);1-12H,13H2,(H,28,29,32). The Hall–Kier alpha value is -7.21. The first-order valence-electron chi connectivity index (χ1n) is 19.5. The minimum Gasteiger partial charge on any atom is -0.497 e. The van der Waals surface area contributed by atoms with Crippen LogP contribution in [0.15, 0.2) is 134 Å². The highest BCUT2D eigenvalue weighted by molar-refractivity contribution is 6.49. The van der Waals surface area contributed by atoms with Crippen molar-refractivity contribution in [1.82, 2.24) is 19.1 Å². The van der Waals surface area contributed by atoms with Crippen molar-refractivity contribution in [1.29, 1.82) is 0 Å². The van der Waals surface area contributed by atoms with Gasteiger partial charge >= 0.3 is 12.4 Å². The van der Waals surface area contributed by atoms with E-state index in [4.69, 9.17) is 39.5 Å². The van der Waals surface area contributed by atoms with Crippen molar-refractivity contribution in [3.05, 3.63) is 182 Å². The highest BCUT2D eigenvalue weighted by Gasteiger charge is 2.44. The number of Topliss-reactive ketones (excluding diaryl/α,β-unsaturated/α-hetero) is 2. The zero-order valence-corrected chi connectivity index (χ0v) is 36.6. The molecule has 2 amide bonds. The van der Waals surface area contributed by atoms with Crippen molar-refractivity contribution >= 4 is 91.6 Å². The van der Waals surface area contributed by atoms with Crippen LogP contribution < -0.4 is 15.4 Å². The Morgan fingerprint density at radius 3 is 1.61 bits per heavy atom. The number of hydrogen-bond acceptors (Lipinski definition) is 7. The molecular weight excluding hydrogens is 949 g/mol. The number of halogens is 9. The number of carbonyl (C=O) groups is 4. The van der Waals surface area contributed by atoms with Gasteiger partial charge in [-0.3, -0.25) is 19.2 Å². The van der Waals surface area contributed by atoms with Crippen LogP contribution in [0.25, 0.3) is 21.8 Å². The summed E-state index contributed by atoms with van der Waals surface area (Å²) in [5.74, 6) is -4.84. The van der Waals surface area contributed by atoms with Gasteiger partial charge in [-0.15, -0.1) is 0 Å². The molecule has 0 aliphatic rings. The van der Waals surface area contributed by atoms with Gasteiger partial charge in [0.1, 0.15) is 28.8 Å². The lowest BCUT2D eigenvalue weighted by atomic mass is 10.0. The number of alkyl halides is 6. The number of aromatic nitrogens is 4. The number of ketones is 2. The molecule has 0 spiro atoms. The van der Waals surface area contributed by atoms with Crippen LogP contribution in [0.5, 0.6) is 5.75 Å². The van der Waals surface area contributed by atoms with Crippen LogP contribution in [0.1, 0.15) is 43.2 Å². The molecule has 4 aromatic carbocycles. The molecule has 0 aliphatic heterocycles. The Labute approximate surface area is 390 Å². The molecule has 20 heteroatoms. The summed E-state index contributed by atoms with van der Waals surface area (Å²) < 4.78 is 93.1. The summed E-state index contributed by atoms with van der Waals surface area (Å²) in [4.78, 5) is 59.1. The summed E-state index contributed by atoms with van der Waals surface area (Å²) in [6.45, 7) is -0.496. The van der Waals surface area contributed by atoms with Crippen molar-refractivity contribution in [3.8, 4) is 5.75 Å². The van der Waals surface area contributed by atoms with E-state index >= 15 is 0 Å². The Morgan fingerprint density at radius 1 is 0.582 bits per heavy atom. The van der Waals surface area contributed by atoms with Gasteiger partial charge in [0.25, 0.3) is 23.4 Å². The average Bonchev–Trinajstić information content (AvgIpc) is 3.81. The van der Waals surface area contributed by atoms with Crippen molar-refractivity contribution in [2.24, 2.45) is 0 Å². The van der Waals surface area contributed by atoms with E-state index in [0.29, 0.717) is 21.2 Å². The van der Waals surface area contributed by atoms with Crippen molar-refractivity contribution < 1.29 is 50.3 Å². The summed E-state index contributed by atoms with van der Waals surface area (Å²) in [6.07, 6.45) is -7.11. The SMILES string of the molecule is COc1ccc2c(c1)c(C(=O)C(=O)Nc1ccccn1)c(C(F)(F)F)n2Cc1ccc(Cl)cc1Cl.O=C(Nc1ccccn1)C(=O)c1c(C(F)(F)F)n(Cc2ccc(Cl)cc2)c2ccccc12. The fourth-order valence-electron chi connectivity index (χ4n) is 7.18. The van der Waals surface area contributed by atoms with Gasteiger partial charge in [0.15, 0.2) is 0 Å². The number of nitrogens with one attached hydrogen (secondary N) is 2. The normalized spacial score (nSPS) is 11.5. The van der Waals surface area contributed by atoms with E-state index in [1.165, 1.54) is 86.2 Å². The maximum atomic E-state index is 14.4. The third-order valence-electron chi connectivity index (χ3n) is 10.1. The quantitative estimate of drug-likeness (QED) is 0.0748. The molecule has 0 saturated heterocycles. The zero-order valence-electron chi connectivity index (χ0n) is 34.3. The molecule has 11 nitrogen and oxygen atoms in total. The fraction of sp³-hybridized carbons (Fsp3) is 0.106. The average molecular weight is 980 g/mol. The predicted octanol–water partition coefficient (Wildman–Crippen LogP) is 11.8. The van der Waals surface area contributed by atoms with Crippen LogP contribution in [0, 0.1) is 0 Å². The van der Waals surface area contributed by atoms with Gasteiger partial charge in [-0.2, -0.15) is 26.3 Å². The Balaban J connectivity index is 0.000000200. The van der Waals surface area contributed by atoms with E-state index in [1.54, 1.807) is 54.6 Å². The predicted molar refractivity (Wildman–Crippen MR) is 241 cm³/mol. The number of rotatable bonds is 11. The van der Waals surface area contributed by atoms with E-state index in [0.717, 1.165) is 9.13 Å². The lowest BCUT2D eigenvalue weighted by Gasteiger charge is -2.15. The van der Waals surface area contributed by atoms with Crippen molar-refractivity contribution in [2.75, 3.05) is 17.7 Å². The van der Waals surface area contributed by atoms with Crippen LogP contribution in [0.4, 0.5) is 38.0 Å². The van der Waals surface area contributed by atoms with Gasteiger partial charge in [-0.1, -0.05) is 83.3 Å². The minimum atomic E-state index is -4.98. The van der Waals surface area contributed by atoms with E-state index < -0.39 is 58.2 Å². The van der Waals surface area contributed by atoms with Gasteiger partial charge in [0.05, 0.1) is 18.2 Å². The molecule has 8 rings (SSSR count). The number of para-hydroxylation sites is 1. The molecular formula is C47H31Cl3F6N6O5. The second-order valence-electron chi connectivity index (χ2n) is 14.4. The number of hydrogen-bond donors (Lipinski definition) is 2.